The number of aliphatic hydroxyl groups is 3. The molecule has 18 nitrogen and oxygen atoms in total. The molecule has 0 rings (SSSR count). The fourth-order valence-electron chi connectivity index (χ4n) is 12.8. The Morgan fingerprint density at radius 3 is 1.09 bits per heavy atom. The molecule has 0 aromatic rings. The first-order chi connectivity index (χ1) is 50.2. The summed E-state index contributed by atoms with van der Waals surface area (Å²) in [5, 5.41) is 33.9. The van der Waals surface area contributed by atoms with Crippen molar-refractivity contribution >= 4 is 42.5 Å². The van der Waals surface area contributed by atoms with Crippen LogP contribution in [-0.4, -0.2) is 188 Å². The Hall–Kier alpha value is -4.62. The average molecular weight is 1490 g/mol. The zero-order valence-corrected chi connectivity index (χ0v) is 69.1. The highest BCUT2D eigenvalue weighted by Crippen LogP contribution is 2.21. The van der Waals surface area contributed by atoms with Crippen LogP contribution >= 0.6 is 0 Å². The normalized spacial score (nSPS) is 13.9. The number of aliphatic hydroxyl groups excluding tert-OH is 3. The van der Waals surface area contributed by atoms with Gasteiger partial charge in [-0.05, 0) is 97.1 Å². The van der Waals surface area contributed by atoms with E-state index in [-0.39, 0.29) is 77.5 Å². The van der Waals surface area contributed by atoms with E-state index in [1.165, 1.54) is 160 Å². The van der Waals surface area contributed by atoms with Gasteiger partial charge in [0, 0.05) is 13.8 Å². The number of carbonyl (C=O) groups excluding carboxylic acids is 6. The number of rotatable bonds is 75. The molecule has 3 N–H and O–H groups in total. The van der Waals surface area contributed by atoms with Gasteiger partial charge in [-0.2, -0.15) is 0 Å². The van der Waals surface area contributed by atoms with Crippen molar-refractivity contribution in [3.63, 3.8) is 0 Å². The molecule has 105 heavy (non-hydrogen) atoms. The molecule has 0 heterocycles. The Balaban J connectivity index is 0. The van der Waals surface area contributed by atoms with Crippen molar-refractivity contribution in [3.05, 3.63) is 43.9 Å². The summed E-state index contributed by atoms with van der Waals surface area (Å²) in [5.41, 5.74) is 0. The molecule has 0 amide bonds. The van der Waals surface area contributed by atoms with E-state index in [9.17, 15) is 44.1 Å². The van der Waals surface area contributed by atoms with Gasteiger partial charge >= 0.3 is 35.8 Å². The number of likely N-dealkylation sites (N-methyl/N-ethyl adjacent to an activating group) is 2. The smallest absolute Gasteiger partial charge is 0.372 e. The van der Waals surface area contributed by atoms with Crippen molar-refractivity contribution in [1.82, 2.24) is 4.90 Å². The molecule has 0 saturated carbocycles. The molecule has 0 aliphatic rings. The number of carbonyl (C=O) groups is 6. The van der Waals surface area contributed by atoms with Gasteiger partial charge < -0.3 is 48.2 Å². The third-order valence-electron chi connectivity index (χ3n) is 19.5. The van der Waals surface area contributed by atoms with Gasteiger partial charge in [-0.1, -0.05) is 283 Å². The molecule has 7 unspecified atom stereocenters. The van der Waals surface area contributed by atoms with E-state index in [4.69, 9.17) is 28.4 Å². The fourth-order valence-corrected chi connectivity index (χ4v) is 12.8. The van der Waals surface area contributed by atoms with Crippen LogP contribution in [0.3, 0.4) is 0 Å². The molecule has 0 bridgehead atoms. The first kappa shape index (κ1) is 102. The average Bonchev–Trinajstić information content (AvgIpc) is 0.910. The van der Waals surface area contributed by atoms with Gasteiger partial charge in [0.25, 0.3) is 0 Å². The number of esters is 6. The summed E-state index contributed by atoms with van der Waals surface area (Å²) in [4.78, 5) is 81.4. The Morgan fingerprint density at radius 1 is 0.390 bits per heavy atom. The van der Waals surface area contributed by atoms with Crippen LogP contribution < -0.4 is 0 Å². The van der Waals surface area contributed by atoms with Crippen molar-refractivity contribution in [2.45, 2.75) is 399 Å². The number of ether oxygens (including phenoxy) is 6. The van der Waals surface area contributed by atoms with E-state index < -0.39 is 79.8 Å². The zero-order chi connectivity index (χ0) is 77.0. The molecule has 0 aliphatic carbocycles. The van der Waals surface area contributed by atoms with Gasteiger partial charge in [0.2, 0.25) is 6.54 Å². The Kier molecular flexibility index (Phi) is 70.5. The highest BCUT2D eigenvalue weighted by atomic mass is 16.6. The molecule has 612 valence electrons. The van der Waals surface area contributed by atoms with Crippen molar-refractivity contribution < 1.29 is 81.6 Å². The lowest BCUT2D eigenvalue weighted by molar-refractivity contribution is -0.883. The summed E-state index contributed by atoms with van der Waals surface area (Å²) in [6, 6.07) is 0. The molecule has 0 aliphatic heterocycles. The lowest BCUT2D eigenvalue weighted by Gasteiger charge is -2.30. The first-order valence-corrected chi connectivity index (χ1v) is 42.4. The maximum absolute atomic E-state index is 13.4. The molecule has 0 fully saturated rings. The van der Waals surface area contributed by atoms with E-state index >= 15 is 0 Å². The third-order valence-corrected chi connectivity index (χ3v) is 19.5. The summed E-state index contributed by atoms with van der Waals surface area (Å²) in [6.45, 7) is 18.8. The molecule has 0 radical (unpaired) electrons. The lowest BCUT2D eigenvalue weighted by Crippen LogP contribution is -2.46. The topological polar surface area (TPSA) is 225 Å². The molecule has 0 saturated heterocycles. The molecular formula is C87H162N3O15+3. The highest BCUT2D eigenvalue weighted by molar-refractivity contribution is 5.73. The van der Waals surface area contributed by atoms with Gasteiger partial charge in [-0.3, -0.25) is 24.1 Å². The molecule has 18 heteroatoms. The minimum atomic E-state index is -1.19. The summed E-state index contributed by atoms with van der Waals surface area (Å²) in [6.07, 6.45) is 50.7. The minimum Gasteiger partial charge on any atom is -0.461 e. The van der Waals surface area contributed by atoms with Crippen LogP contribution in [0.1, 0.15) is 356 Å². The maximum atomic E-state index is 13.4. The maximum Gasteiger partial charge on any atom is 0.372 e. The Labute approximate surface area is 642 Å². The second-order valence-corrected chi connectivity index (χ2v) is 30.5. The van der Waals surface area contributed by atoms with Crippen molar-refractivity contribution in [2.75, 3.05) is 73.6 Å². The number of unbranched alkanes of at least 4 members (excludes halogenated alkanes) is 34. The van der Waals surface area contributed by atoms with E-state index in [1.807, 2.05) is 26.0 Å². The van der Waals surface area contributed by atoms with E-state index in [0.29, 0.717) is 30.3 Å². The second-order valence-electron chi connectivity index (χ2n) is 30.5. The van der Waals surface area contributed by atoms with Gasteiger partial charge in [0.1, 0.15) is 44.8 Å². The molecular weight excluding hydrogens is 1330 g/mol. The van der Waals surface area contributed by atoms with Crippen molar-refractivity contribution in [3.8, 4) is 0 Å². The van der Waals surface area contributed by atoms with Gasteiger partial charge in [-0.25, -0.2) is 14.2 Å². The number of quaternary nitrogens is 1. The Bertz CT molecular complexity index is 2210. The summed E-state index contributed by atoms with van der Waals surface area (Å²) < 4.78 is 36.7. The van der Waals surface area contributed by atoms with E-state index in [2.05, 4.69) is 48.3 Å². The monoisotopic (exact) mass is 1490 g/mol. The molecule has 0 aromatic heterocycles. The summed E-state index contributed by atoms with van der Waals surface area (Å²) in [7, 11) is 6.00. The van der Waals surface area contributed by atoms with Crippen LogP contribution in [0, 0.1) is 7.43 Å². The fraction of sp³-hybridized carbons (Fsp3) is 0.839. The number of nitrogens with zero attached hydrogens (tertiary/aromatic N) is 3. The number of hydrogen-bond acceptors (Lipinski definition) is 16. The van der Waals surface area contributed by atoms with Crippen LogP contribution in [0.15, 0.2) is 36.5 Å². The first-order valence-electron chi connectivity index (χ1n) is 42.4. The summed E-state index contributed by atoms with van der Waals surface area (Å²) >= 11 is 0. The predicted molar refractivity (Wildman–Crippen MR) is 430 cm³/mol. The van der Waals surface area contributed by atoms with Crippen LogP contribution in [0.25, 0.3) is 0 Å². The van der Waals surface area contributed by atoms with Gasteiger partial charge in [-0.15, -0.1) is 0 Å². The SMILES string of the molecule is C=[N+](CCCCCCCCCCCC)CC(=O)OC(CCCCC)C(O)C/C=C/CC(=O)OC(COC(=O)C/C=C/CC(O)C(CCCCC)OC(=O)CN(C)CCCCCCCCCCCCC)COC(=O)C/C=C/CC(O)C(CCCCC)OC(=O)C[N+](C)(C)CCCCCCCCCCCC.[CH3+]. The number of hydrogen-bond donors (Lipinski definition) is 3. The predicted octanol–water partition coefficient (Wildman–Crippen LogP) is 18.9. The van der Waals surface area contributed by atoms with Crippen LogP contribution in [0.2, 0.25) is 0 Å². The molecule has 0 spiro atoms. The van der Waals surface area contributed by atoms with Crippen molar-refractivity contribution in [1.29, 1.82) is 0 Å². The second kappa shape index (κ2) is 72.3. The van der Waals surface area contributed by atoms with Crippen LogP contribution in [0.4, 0.5) is 0 Å². The van der Waals surface area contributed by atoms with Crippen LogP contribution in [0.5, 0.6) is 0 Å². The largest absolute Gasteiger partial charge is 0.461 e. The zero-order valence-electron chi connectivity index (χ0n) is 69.1. The van der Waals surface area contributed by atoms with E-state index in [1.54, 1.807) is 35.0 Å². The molecule has 7 atom stereocenters. The third kappa shape index (κ3) is 65.0. The lowest BCUT2D eigenvalue weighted by atomic mass is 10.0. The summed E-state index contributed by atoms with van der Waals surface area (Å²) in [5.74, 6) is -3.23. The van der Waals surface area contributed by atoms with Crippen LogP contribution in [-0.2, 0) is 57.2 Å². The quantitative estimate of drug-likeness (QED) is 0.00752. The Morgan fingerprint density at radius 2 is 0.705 bits per heavy atom. The standard InChI is InChI=1S/C86H159N3O15.CH3/c1-11-17-23-26-29-32-35-37-40-43-55-67-88(8)69-84(96)102-78(60-45-20-14-4)75(90)57-48-51-63-81(93)99-72-74(101-83(95)65-53-50-59-76(91)79(61-46-21-15-5)103-85(97)70-87(7)66-54-42-39-36-33-30-27-24-18-12-2)73-100-82(94)64-52-49-58-77(92)80(62-47-22-16-6)104-86(98)71-89(9,10)68-56-44-41-38-34-31-28-25-19-13-3;/h48-53,74-80,90-92H,7,11-47,54-73H2,1-6,8-10H3;1H3/q+2;+1/b51-48+,52-49+,53-50+;. The van der Waals surface area contributed by atoms with Gasteiger partial charge in [0.15, 0.2) is 12.6 Å². The van der Waals surface area contributed by atoms with Gasteiger partial charge in [0.05, 0.1) is 64.8 Å². The molecule has 0 aromatic carbocycles. The minimum absolute atomic E-state index is 0. The van der Waals surface area contributed by atoms with Crippen molar-refractivity contribution in [2.24, 2.45) is 0 Å². The highest BCUT2D eigenvalue weighted by Gasteiger charge is 2.29. The van der Waals surface area contributed by atoms with E-state index in [0.717, 1.165) is 116 Å².